The van der Waals surface area contributed by atoms with E-state index >= 15 is 0 Å². The second-order valence-corrected chi connectivity index (χ2v) is 7.84. The van der Waals surface area contributed by atoms with Gasteiger partial charge in [-0.1, -0.05) is 66.7 Å². The first kappa shape index (κ1) is 22.0. The van der Waals surface area contributed by atoms with Gasteiger partial charge in [-0.25, -0.2) is 9.82 Å². The fraction of sp³-hybridized carbons (Fsp3) is 0.0357. The van der Waals surface area contributed by atoms with Gasteiger partial charge < -0.3 is 4.74 Å². The van der Waals surface area contributed by atoms with E-state index in [1.807, 2.05) is 48.5 Å². The number of benzene rings is 4. The Bertz CT molecular complexity index is 1500. The number of nitrogens with one attached hydrogen (secondary N) is 2. The van der Waals surface area contributed by atoms with Crippen LogP contribution in [-0.4, -0.2) is 22.3 Å². The number of halogens is 1. The molecule has 1 amide bonds. The van der Waals surface area contributed by atoms with Crippen LogP contribution in [0.2, 0.25) is 0 Å². The smallest absolute Gasteiger partial charge is 0.289 e. The highest BCUT2D eigenvalue weighted by atomic mass is 19.1. The second-order valence-electron chi connectivity index (χ2n) is 7.84. The molecule has 35 heavy (non-hydrogen) atoms. The molecule has 0 spiro atoms. The van der Waals surface area contributed by atoms with Gasteiger partial charge in [0.05, 0.1) is 11.9 Å². The highest BCUT2D eigenvalue weighted by Crippen LogP contribution is 2.30. The number of H-pyrrole nitrogens is 1. The van der Waals surface area contributed by atoms with Gasteiger partial charge in [0.25, 0.3) is 5.91 Å². The Morgan fingerprint density at radius 1 is 0.971 bits per heavy atom. The van der Waals surface area contributed by atoms with E-state index in [2.05, 4.69) is 38.9 Å². The number of aromatic nitrogens is 2. The third kappa shape index (κ3) is 5.09. The maximum absolute atomic E-state index is 13.0. The fourth-order valence-corrected chi connectivity index (χ4v) is 3.73. The molecule has 2 N–H and O–H groups in total. The van der Waals surface area contributed by atoms with Crippen LogP contribution in [0.25, 0.3) is 22.0 Å². The number of hydrogen-bond acceptors (Lipinski definition) is 4. The Balaban J connectivity index is 1.29. The van der Waals surface area contributed by atoms with Crippen molar-refractivity contribution < 1.29 is 13.9 Å². The van der Waals surface area contributed by atoms with Crippen LogP contribution in [0.1, 0.15) is 21.6 Å². The van der Waals surface area contributed by atoms with Gasteiger partial charge in [0, 0.05) is 5.56 Å². The third-order valence-corrected chi connectivity index (χ3v) is 5.50. The van der Waals surface area contributed by atoms with Crippen LogP contribution >= 0.6 is 0 Å². The standard InChI is InChI=1S/C28H21FN4O2/c29-22-14-12-19(13-15-22)17-30-33-28(34)26-16-25(31-32-26)24-10-3-4-11-27(24)35-18-21-8-5-7-20-6-1-2-9-23(20)21/h1-17H,18H2,(H,31,32)(H,33,34). The quantitative estimate of drug-likeness (QED) is 0.239. The summed E-state index contributed by atoms with van der Waals surface area (Å²) in [6.07, 6.45) is 1.44. The molecule has 5 aromatic rings. The van der Waals surface area contributed by atoms with E-state index in [1.165, 1.54) is 18.3 Å². The van der Waals surface area contributed by atoms with E-state index in [-0.39, 0.29) is 11.5 Å². The average Bonchev–Trinajstić information content (AvgIpc) is 3.39. The van der Waals surface area contributed by atoms with Gasteiger partial charge in [-0.05, 0) is 52.2 Å². The predicted octanol–water partition coefficient (Wildman–Crippen LogP) is 5.71. The number of hydrogen-bond donors (Lipinski definition) is 2. The normalized spacial score (nSPS) is 11.1. The summed E-state index contributed by atoms with van der Waals surface area (Å²) in [6, 6.07) is 29.3. The van der Waals surface area contributed by atoms with Gasteiger partial charge in [-0.2, -0.15) is 10.2 Å². The number of fused-ring (bicyclic) bond motifs is 1. The largest absolute Gasteiger partial charge is 0.488 e. The van der Waals surface area contributed by atoms with Crippen LogP contribution < -0.4 is 10.2 Å². The lowest BCUT2D eigenvalue weighted by molar-refractivity contribution is 0.0950. The number of amides is 1. The first-order valence-corrected chi connectivity index (χ1v) is 11.0. The molecule has 0 saturated heterocycles. The van der Waals surface area contributed by atoms with Crippen molar-refractivity contribution in [3.05, 3.63) is 120 Å². The van der Waals surface area contributed by atoms with Gasteiger partial charge in [0.1, 0.15) is 23.9 Å². The molecule has 6 nitrogen and oxygen atoms in total. The molecule has 4 aromatic carbocycles. The van der Waals surface area contributed by atoms with Gasteiger partial charge in [-0.3, -0.25) is 9.89 Å². The molecule has 0 radical (unpaired) electrons. The Kier molecular flexibility index (Phi) is 6.30. The van der Waals surface area contributed by atoms with E-state index in [1.54, 1.807) is 18.2 Å². The van der Waals surface area contributed by atoms with Crippen molar-refractivity contribution in [2.75, 3.05) is 0 Å². The van der Waals surface area contributed by atoms with Crippen LogP contribution in [0, 0.1) is 5.82 Å². The molecule has 5 rings (SSSR count). The van der Waals surface area contributed by atoms with Crippen molar-refractivity contribution in [2.45, 2.75) is 6.61 Å². The summed E-state index contributed by atoms with van der Waals surface area (Å²) in [4.78, 5) is 12.5. The minimum absolute atomic E-state index is 0.250. The van der Waals surface area contributed by atoms with Crippen LogP contribution in [-0.2, 0) is 6.61 Å². The Morgan fingerprint density at radius 3 is 2.63 bits per heavy atom. The molecule has 0 aliphatic heterocycles. The second kappa shape index (κ2) is 10.0. The SMILES string of the molecule is O=C(NN=Cc1ccc(F)cc1)c1cc(-c2ccccc2OCc2cccc3ccccc23)n[nH]1. The van der Waals surface area contributed by atoms with Gasteiger partial charge in [-0.15, -0.1) is 0 Å². The molecule has 0 aliphatic carbocycles. The zero-order chi connectivity index (χ0) is 24.0. The van der Waals surface area contributed by atoms with Crippen molar-refractivity contribution in [1.29, 1.82) is 0 Å². The zero-order valence-corrected chi connectivity index (χ0v) is 18.6. The third-order valence-electron chi connectivity index (χ3n) is 5.50. The summed E-state index contributed by atoms with van der Waals surface area (Å²) < 4.78 is 19.2. The summed E-state index contributed by atoms with van der Waals surface area (Å²) in [6.45, 7) is 0.397. The van der Waals surface area contributed by atoms with E-state index in [0.717, 1.165) is 21.9 Å². The van der Waals surface area contributed by atoms with Crippen LogP contribution in [0.3, 0.4) is 0 Å². The monoisotopic (exact) mass is 464 g/mol. The summed E-state index contributed by atoms with van der Waals surface area (Å²) in [7, 11) is 0. The number of nitrogens with zero attached hydrogens (tertiary/aromatic N) is 2. The molecular weight excluding hydrogens is 443 g/mol. The molecule has 0 fully saturated rings. The van der Waals surface area contributed by atoms with Gasteiger partial charge >= 0.3 is 0 Å². The zero-order valence-electron chi connectivity index (χ0n) is 18.6. The van der Waals surface area contributed by atoms with Crippen molar-refractivity contribution in [3.8, 4) is 17.0 Å². The van der Waals surface area contributed by atoms with E-state index in [0.29, 0.717) is 23.6 Å². The average molecular weight is 465 g/mol. The molecular formula is C28H21FN4O2. The molecule has 0 atom stereocenters. The summed E-state index contributed by atoms with van der Waals surface area (Å²) >= 11 is 0. The fourth-order valence-electron chi connectivity index (χ4n) is 3.73. The highest BCUT2D eigenvalue weighted by Gasteiger charge is 2.14. The molecule has 0 unspecified atom stereocenters. The molecule has 0 saturated carbocycles. The first-order valence-electron chi connectivity index (χ1n) is 11.0. The Labute approximate surface area is 201 Å². The van der Waals surface area contributed by atoms with Crippen LogP contribution in [0.4, 0.5) is 4.39 Å². The van der Waals surface area contributed by atoms with E-state index < -0.39 is 5.91 Å². The molecule has 172 valence electrons. The molecule has 1 aromatic heterocycles. The Morgan fingerprint density at radius 2 is 1.74 bits per heavy atom. The number of carbonyl (C=O) groups is 1. The van der Waals surface area contributed by atoms with Crippen molar-refractivity contribution in [2.24, 2.45) is 5.10 Å². The molecule has 0 bridgehead atoms. The number of hydrazone groups is 1. The van der Waals surface area contributed by atoms with Gasteiger partial charge in [0.2, 0.25) is 0 Å². The molecule has 1 heterocycles. The lowest BCUT2D eigenvalue weighted by Gasteiger charge is -2.12. The number of para-hydroxylation sites is 1. The van der Waals surface area contributed by atoms with Crippen molar-refractivity contribution in [3.63, 3.8) is 0 Å². The summed E-state index contributed by atoms with van der Waals surface area (Å²) in [5.41, 5.74) is 5.77. The molecule has 0 aliphatic rings. The Hall–Kier alpha value is -4.78. The number of ether oxygens (including phenoxy) is 1. The topological polar surface area (TPSA) is 79.4 Å². The minimum Gasteiger partial charge on any atom is -0.488 e. The molecule has 7 heteroatoms. The van der Waals surface area contributed by atoms with Crippen molar-refractivity contribution >= 4 is 22.9 Å². The minimum atomic E-state index is -0.448. The van der Waals surface area contributed by atoms with Crippen LogP contribution in [0.15, 0.2) is 102 Å². The first-order chi connectivity index (χ1) is 17.2. The highest BCUT2D eigenvalue weighted by molar-refractivity contribution is 5.94. The van der Waals surface area contributed by atoms with E-state index in [9.17, 15) is 9.18 Å². The van der Waals surface area contributed by atoms with Crippen LogP contribution in [0.5, 0.6) is 5.75 Å². The number of aromatic amines is 1. The van der Waals surface area contributed by atoms with E-state index in [4.69, 9.17) is 4.74 Å². The summed E-state index contributed by atoms with van der Waals surface area (Å²) in [5, 5.41) is 13.3. The van der Waals surface area contributed by atoms with Crippen molar-refractivity contribution in [1.82, 2.24) is 15.6 Å². The predicted molar refractivity (Wildman–Crippen MR) is 134 cm³/mol. The van der Waals surface area contributed by atoms with Gasteiger partial charge in [0.15, 0.2) is 0 Å². The summed E-state index contributed by atoms with van der Waals surface area (Å²) in [5.74, 6) is -0.123. The lowest BCUT2D eigenvalue weighted by Crippen LogP contribution is -2.17. The number of rotatable bonds is 7. The maximum atomic E-state index is 13.0. The number of carbonyl (C=O) groups excluding carboxylic acids is 1. The maximum Gasteiger partial charge on any atom is 0.289 e. The lowest BCUT2D eigenvalue weighted by atomic mass is 10.1.